The van der Waals surface area contributed by atoms with Crippen LogP contribution in [0.4, 0.5) is 0 Å². The molecule has 0 bridgehead atoms. The highest BCUT2D eigenvalue weighted by Gasteiger charge is 2.11. The van der Waals surface area contributed by atoms with Gasteiger partial charge in [0.05, 0.1) is 22.2 Å². The van der Waals surface area contributed by atoms with Gasteiger partial charge in [-0.1, -0.05) is 23.9 Å². The van der Waals surface area contributed by atoms with Crippen molar-refractivity contribution in [2.75, 3.05) is 5.75 Å². The Morgan fingerprint density at radius 1 is 1.23 bits per heavy atom. The number of carbonyl (C=O) groups is 1. The zero-order valence-corrected chi connectivity index (χ0v) is 21.1. The van der Waals surface area contributed by atoms with Crippen molar-refractivity contribution in [3.05, 3.63) is 74.6 Å². The Labute approximate surface area is 203 Å². The van der Waals surface area contributed by atoms with Crippen molar-refractivity contribution in [1.82, 2.24) is 15.0 Å². The van der Waals surface area contributed by atoms with Gasteiger partial charge in [-0.2, -0.15) is 5.10 Å². The summed E-state index contributed by atoms with van der Waals surface area (Å²) < 4.78 is 5.46. The number of thiazole rings is 1. The van der Waals surface area contributed by atoms with Gasteiger partial charge in [0, 0.05) is 26.2 Å². The molecule has 5 nitrogen and oxygen atoms in total. The molecule has 1 N–H and O–H groups in total. The summed E-state index contributed by atoms with van der Waals surface area (Å²) in [5, 5.41) is 4.17. The summed E-state index contributed by atoms with van der Waals surface area (Å²) in [4.78, 5) is 16.7. The number of aryl methyl sites for hydroxylation is 2. The van der Waals surface area contributed by atoms with E-state index in [1.54, 1.807) is 17.6 Å². The van der Waals surface area contributed by atoms with Crippen molar-refractivity contribution >= 4 is 68.0 Å². The fourth-order valence-corrected chi connectivity index (χ4v) is 5.53. The Kier molecular flexibility index (Phi) is 6.78. The molecular weight excluding hydrogens is 539 g/mol. The van der Waals surface area contributed by atoms with Crippen molar-refractivity contribution in [1.29, 1.82) is 0 Å². The number of fused-ring (bicyclic) bond motifs is 1. The normalized spacial score (nSPS) is 11.5. The van der Waals surface area contributed by atoms with Crippen LogP contribution in [0.25, 0.3) is 15.9 Å². The van der Waals surface area contributed by atoms with Gasteiger partial charge in [-0.15, -0.1) is 11.3 Å². The molecule has 0 unspecified atom stereocenters. The number of hydrogen-bond acceptors (Lipinski definition) is 5. The van der Waals surface area contributed by atoms with Crippen LogP contribution in [0.2, 0.25) is 0 Å². The maximum atomic E-state index is 12.2. The van der Waals surface area contributed by atoms with E-state index in [-0.39, 0.29) is 11.7 Å². The quantitative estimate of drug-likeness (QED) is 0.139. The zero-order chi connectivity index (χ0) is 22.0. The van der Waals surface area contributed by atoms with Gasteiger partial charge >= 0.3 is 0 Å². The Morgan fingerprint density at radius 2 is 2.03 bits per heavy atom. The minimum Gasteiger partial charge on any atom is -0.318 e. The Morgan fingerprint density at radius 3 is 2.81 bits per heavy atom. The minimum absolute atomic E-state index is 0.150. The summed E-state index contributed by atoms with van der Waals surface area (Å²) >= 11 is 5.37. The van der Waals surface area contributed by atoms with Crippen LogP contribution < -0.4 is 5.43 Å². The van der Waals surface area contributed by atoms with Crippen LogP contribution in [-0.4, -0.2) is 27.4 Å². The van der Waals surface area contributed by atoms with E-state index in [2.05, 4.69) is 87.7 Å². The second-order valence-corrected chi connectivity index (χ2v) is 10.5. The highest BCUT2D eigenvalue weighted by Crippen LogP contribution is 2.29. The number of carbonyl (C=O) groups excluding carboxylic acids is 1. The Hall–Kier alpha value is -2.17. The summed E-state index contributed by atoms with van der Waals surface area (Å²) in [6.07, 6.45) is 1.71. The molecule has 8 heteroatoms. The molecule has 158 valence electrons. The van der Waals surface area contributed by atoms with E-state index in [1.807, 2.05) is 24.3 Å². The topological polar surface area (TPSA) is 59.3 Å². The van der Waals surface area contributed by atoms with Gasteiger partial charge in [0.1, 0.15) is 0 Å². The zero-order valence-electron chi connectivity index (χ0n) is 17.3. The van der Waals surface area contributed by atoms with E-state index in [0.717, 1.165) is 37.2 Å². The highest BCUT2D eigenvalue weighted by molar-refractivity contribution is 14.1. The van der Waals surface area contributed by atoms with Gasteiger partial charge in [-0.3, -0.25) is 4.79 Å². The molecular formula is C23H21IN4OS2. The average molecular weight is 560 g/mol. The third-order valence-corrected chi connectivity index (χ3v) is 8.25. The maximum Gasteiger partial charge on any atom is 0.250 e. The third-order valence-electron chi connectivity index (χ3n) is 4.86. The molecule has 0 spiro atoms. The van der Waals surface area contributed by atoms with E-state index in [9.17, 15) is 4.79 Å². The number of halogens is 1. The number of amides is 1. The molecule has 0 aliphatic rings. The van der Waals surface area contributed by atoms with Crippen LogP contribution in [0.5, 0.6) is 0 Å². The smallest absolute Gasteiger partial charge is 0.250 e. The van der Waals surface area contributed by atoms with E-state index in [4.69, 9.17) is 0 Å². The summed E-state index contributed by atoms with van der Waals surface area (Å²) in [7, 11) is 0. The fourth-order valence-electron chi connectivity index (χ4n) is 3.33. The lowest BCUT2D eigenvalue weighted by Gasteiger charge is -2.11. The molecule has 1 amide bonds. The molecule has 0 saturated carbocycles. The largest absolute Gasteiger partial charge is 0.318 e. The first-order valence-electron chi connectivity index (χ1n) is 9.68. The van der Waals surface area contributed by atoms with Crippen molar-refractivity contribution in [3.63, 3.8) is 0 Å². The molecule has 4 rings (SSSR count). The van der Waals surface area contributed by atoms with Crippen LogP contribution in [-0.2, 0) is 4.79 Å². The van der Waals surface area contributed by atoms with Crippen LogP contribution >= 0.6 is 45.7 Å². The van der Waals surface area contributed by atoms with E-state index >= 15 is 0 Å². The number of aromatic nitrogens is 2. The van der Waals surface area contributed by atoms with Crippen molar-refractivity contribution < 1.29 is 4.79 Å². The Bertz CT molecular complexity index is 1260. The lowest BCUT2D eigenvalue weighted by Crippen LogP contribution is -2.19. The number of nitrogens with zero attached hydrogens (tertiary/aromatic N) is 3. The first-order valence-corrected chi connectivity index (χ1v) is 12.6. The summed E-state index contributed by atoms with van der Waals surface area (Å²) in [5.74, 6) is 0.126. The van der Waals surface area contributed by atoms with Crippen LogP contribution in [0, 0.1) is 24.3 Å². The number of para-hydroxylation sites is 1. The monoisotopic (exact) mass is 560 g/mol. The van der Waals surface area contributed by atoms with Crippen LogP contribution in [0.1, 0.15) is 22.5 Å². The van der Waals surface area contributed by atoms with E-state index < -0.39 is 0 Å². The number of benzene rings is 2. The molecule has 0 radical (unpaired) electrons. The fraction of sp³-hybridized carbons (Fsp3) is 0.174. The molecule has 0 atom stereocenters. The van der Waals surface area contributed by atoms with Gasteiger partial charge in [0.2, 0.25) is 0 Å². The maximum absolute atomic E-state index is 12.2. The summed E-state index contributed by atoms with van der Waals surface area (Å²) in [6, 6.07) is 16.5. The molecule has 2 heterocycles. The number of hydrazone groups is 1. The number of nitrogens with one attached hydrogen (secondary N) is 1. The third kappa shape index (κ3) is 5.02. The van der Waals surface area contributed by atoms with Gasteiger partial charge in [-0.25, -0.2) is 10.4 Å². The van der Waals surface area contributed by atoms with E-state index in [1.165, 1.54) is 20.9 Å². The van der Waals surface area contributed by atoms with E-state index in [0.29, 0.717) is 0 Å². The molecule has 2 aromatic heterocycles. The first kappa shape index (κ1) is 22.0. The standard InChI is InChI=1S/C23H21IN4OS2/c1-14-10-18(8-9-19(14)24)28-15(2)11-17(16(28)3)12-25-27-22(29)13-30-23-26-20-6-4-5-7-21(20)31-23/h4-12H,13H2,1-3H3,(H,27,29)/b25-12+. The van der Waals surface area contributed by atoms with Crippen molar-refractivity contribution in [3.8, 4) is 5.69 Å². The average Bonchev–Trinajstić information content (AvgIpc) is 3.29. The Balaban J connectivity index is 1.39. The number of thioether (sulfide) groups is 1. The van der Waals surface area contributed by atoms with Gasteiger partial charge in [0.25, 0.3) is 5.91 Å². The predicted octanol–water partition coefficient (Wildman–Crippen LogP) is 5.86. The first-order chi connectivity index (χ1) is 14.9. The lowest BCUT2D eigenvalue weighted by atomic mass is 10.2. The highest BCUT2D eigenvalue weighted by atomic mass is 127. The van der Waals surface area contributed by atoms with Gasteiger partial charge < -0.3 is 4.57 Å². The van der Waals surface area contributed by atoms with Crippen LogP contribution in [0.3, 0.4) is 0 Å². The van der Waals surface area contributed by atoms with Gasteiger partial charge in [-0.05, 0) is 85.3 Å². The molecule has 31 heavy (non-hydrogen) atoms. The summed E-state index contributed by atoms with van der Waals surface area (Å²) in [5.41, 5.74) is 9.15. The molecule has 2 aromatic carbocycles. The minimum atomic E-state index is -0.150. The lowest BCUT2D eigenvalue weighted by molar-refractivity contribution is -0.118. The molecule has 0 aliphatic carbocycles. The molecule has 0 fully saturated rings. The second-order valence-electron chi connectivity index (χ2n) is 7.12. The van der Waals surface area contributed by atoms with Crippen molar-refractivity contribution in [2.45, 2.75) is 25.1 Å². The van der Waals surface area contributed by atoms with Gasteiger partial charge in [0.15, 0.2) is 4.34 Å². The van der Waals surface area contributed by atoms with Crippen LogP contribution in [0.15, 0.2) is 58.0 Å². The SMILES string of the molecule is Cc1cc(-n2c(C)cc(/C=N/NC(=O)CSc3nc4ccccc4s3)c2C)ccc1I. The second kappa shape index (κ2) is 9.54. The number of hydrogen-bond donors (Lipinski definition) is 1. The summed E-state index contributed by atoms with van der Waals surface area (Å²) in [6.45, 7) is 6.25. The molecule has 0 saturated heterocycles. The van der Waals surface area contributed by atoms with Crippen molar-refractivity contribution in [2.24, 2.45) is 5.10 Å². The molecule has 4 aromatic rings. The predicted molar refractivity (Wildman–Crippen MR) is 139 cm³/mol. The number of rotatable bonds is 6. The molecule has 0 aliphatic heterocycles.